The zero-order chi connectivity index (χ0) is 10.4. The summed E-state index contributed by atoms with van der Waals surface area (Å²) < 4.78 is 10.5. The lowest BCUT2D eigenvalue weighted by Gasteiger charge is -2.26. The van der Waals surface area contributed by atoms with Crippen molar-refractivity contribution in [1.82, 2.24) is 4.90 Å². The number of alkyl halides is 1. The molecule has 0 N–H and O–H groups in total. The highest BCUT2D eigenvalue weighted by molar-refractivity contribution is 9.09. The molecule has 0 aromatic carbocycles. The predicted octanol–water partition coefficient (Wildman–Crippen LogP) is 0.645. The van der Waals surface area contributed by atoms with Crippen LogP contribution in [0.3, 0.4) is 0 Å². The molecule has 1 aliphatic heterocycles. The Morgan fingerprint density at radius 3 is 2.93 bits per heavy atom. The highest BCUT2D eigenvalue weighted by Gasteiger charge is 2.25. The van der Waals surface area contributed by atoms with E-state index in [1.54, 1.807) is 11.9 Å². The number of rotatable bonds is 4. The summed E-state index contributed by atoms with van der Waals surface area (Å²) in [5, 5.41) is 0.909. The van der Waals surface area contributed by atoms with Gasteiger partial charge in [0, 0.05) is 18.9 Å². The van der Waals surface area contributed by atoms with E-state index >= 15 is 0 Å². The van der Waals surface area contributed by atoms with Crippen LogP contribution in [0.4, 0.5) is 0 Å². The Balaban J connectivity index is 2.30. The number of ether oxygens (including phenoxy) is 2. The van der Waals surface area contributed by atoms with Crippen molar-refractivity contribution in [1.29, 1.82) is 0 Å². The molecule has 5 heteroatoms. The highest BCUT2D eigenvalue weighted by atomic mass is 79.9. The first kappa shape index (κ1) is 11.9. The third-order valence-electron chi connectivity index (χ3n) is 2.09. The molecule has 1 rings (SSSR count). The number of amides is 1. The van der Waals surface area contributed by atoms with Gasteiger partial charge < -0.3 is 14.4 Å². The monoisotopic (exact) mass is 265 g/mol. The second-order valence-corrected chi connectivity index (χ2v) is 4.03. The van der Waals surface area contributed by atoms with Gasteiger partial charge in [-0.15, -0.1) is 0 Å². The van der Waals surface area contributed by atoms with Crippen LogP contribution >= 0.6 is 15.9 Å². The van der Waals surface area contributed by atoms with Crippen LogP contribution in [-0.4, -0.2) is 55.7 Å². The van der Waals surface area contributed by atoms with Gasteiger partial charge in [-0.05, 0) is 6.42 Å². The SMILES string of the molecule is CN(CCCBr)C(=O)C1COCCO1. The van der Waals surface area contributed by atoms with Crippen molar-refractivity contribution in [3.05, 3.63) is 0 Å². The molecule has 1 heterocycles. The van der Waals surface area contributed by atoms with Crippen molar-refractivity contribution in [3.8, 4) is 0 Å². The van der Waals surface area contributed by atoms with Crippen LogP contribution in [0.25, 0.3) is 0 Å². The molecular weight excluding hydrogens is 250 g/mol. The molecule has 4 nitrogen and oxygen atoms in total. The topological polar surface area (TPSA) is 38.8 Å². The van der Waals surface area contributed by atoms with E-state index in [1.807, 2.05) is 0 Å². The van der Waals surface area contributed by atoms with Gasteiger partial charge in [0.1, 0.15) is 0 Å². The van der Waals surface area contributed by atoms with E-state index < -0.39 is 6.10 Å². The molecule has 1 amide bonds. The number of carbonyl (C=O) groups is 1. The zero-order valence-corrected chi connectivity index (χ0v) is 9.96. The van der Waals surface area contributed by atoms with E-state index in [2.05, 4.69) is 15.9 Å². The molecule has 0 saturated carbocycles. The van der Waals surface area contributed by atoms with Gasteiger partial charge in [0.2, 0.25) is 0 Å². The normalized spacial score (nSPS) is 22.0. The van der Waals surface area contributed by atoms with E-state index in [-0.39, 0.29) is 5.91 Å². The van der Waals surface area contributed by atoms with Gasteiger partial charge in [-0.2, -0.15) is 0 Å². The number of halogens is 1. The van der Waals surface area contributed by atoms with Gasteiger partial charge in [0.25, 0.3) is 5.91 Å². The van der Waals surface area contributed by atoms with Crippen molar-refractivity contribution >= 4 is 21.8 Å². The summed E-state index contributed by atoms with van der Waals surface area (Å²) >= 11 is 3.33. The van der Waals surface area contributed by atoms with Gasteiger partial charge in [0.15, 0.2) is 6.10 Å². The van der Waals surface area contributed by atoms with E-state index in [0.29, 0.717) is 19.8 Å². The smallest absolute Gasteiger partial charge is 0.253 e. The Bertz CT molecular complexity index is 183. The van der Waals surface area contributed by atoms with Crippen molar-refractivity contribution in [2.24, 2.45) is 0 Å². The third kappa shape index (κ3) is 3.55. The maximum absolute atomic E-state index is 11.7. The summed E-state index contributed by atoms with van der Waals surface area (Å²) in [5.41, 5.74) is 0. The molecule has 1 aliphatic rings. The van der Waals surface area contributed by atoms with E-state index in [1.165, 1.54) is 0 Å². The van der Waals surface area contributed by atoms with Crippen LogP contribution in [0.2, 0.25) is 0 Å². The Labute approximate surface area is 92.7 Å². The third-order valence-corrected chi connectivity index (χ3v) is 2.66. The Morgan fingerprint density at radius 2 is 2.36 bits per heavy atom. The fourth-order valence-electron chi connectivity index (χ4n) is 1.28. The average molecular weight is 266 g/mol. The minimum absolute atomic E-state index is 0.0191. The van der Waals surface area contributed by atoms with E-state index in [4.69, 9.17) is 9.47 Å². The van der Waals surface area contributed by atoms with Crippen molar-refractivity contribution in [3.63, 3.8) is 0 Å². The molecule has 1 saturated heterocycles. The first-order valence-corrected chi connectivity index (χ1v) is 5.88. The second-order valence-electron chi connectivity index (χ2n) is 3.24. The van der Waals surface area contributed by atoms with Crippen molar-refractivity contribution < 1.29 is 14.3 Å². The van der Waals surface area contributed by atoms with E-state index in [9.17, 15) is 4.79 Å². The van der Waals surface area contributed by atoms with E-state index in [0.717, 1.165) is 18.3 Å². The fraction of sp³-hybridized carbons (Fsp3) is 0.889. The molecule has 1 fully saturated rings. The Morgan fingerprint density at radius 1 is 1.57 bits per heavy atom. The summed E-state index contributed by atoms with van der Waals surface area (Å²) in [6, 6.07) is 0. The highest BCUT2D eigenvalue weighted by Crippen LogP contribution is 2.05. The summed E-state index contributed by atoms with van der Waals surface area (Å²) in [6.45, 7) is 2.25. The van der Waals surface area contributed by atoms with Crippen molar-refractivity contribution in [2.45, 2.75) is 12.5 Å². The molecule has 0 bridgehead atoms. The Hall–Kier alpha value is -0.130. The van der Waals surface area contributed by atoms with Crippen molar-refractivity contribution in [2.75, 3.05) is 38.7 Å². The molecule has 0 aromatic rings. The quantitative estimate of drug-likeness (QED) is 0.701. The van der Waals surface area contributed by atoms with Gasteiger partial charge >= 0.3 is 0 Å². The number of hydrogen-bond acceptors (Lipinski definition) is 3. The molecule has 1 unspecified atom stereocenters. The molecule has 0 radical (unpaired) electrons. The standard InChI is InChI=1S/C9H16BrNO3/c1-11(4-2-3-10)9(12)8-7-13-5-6-14-8/h8H,2-7H2,1H3. The lowest BCUT2D eigenvalue weighted by molar-refractivity contribution is -0.156. The largest absolute Gasteiger partial charge is 0.376 e. The van der Waals surface area contributed by atoms with Gasteiger partial charge in [-0.25, -0.2) is 0 Å². The second kappa shape index (κ2) is 6.37. The van der Waals surface area contributed by atoms with Crippen LogP contribution in [0.5, 0.6) is 0 Å². The minimum Gasteiger partial charge on any atom is -0.376 e. The lowest BCUT2D eigenvalue weighted by Crippen LogP contribution is -2.44. The van der Waals surface area contributed by atoms with Gasteiger partial charge in [-0.3, -0.25) is 4.79 Å². The van der Waals surface area contributed by atoms with Crippen LogP contribution in [-0.2, 0) is 14.3 Å². The zero-order valence-electron chi connectivity index (χ0n) is 8.37. The average Bonchev–Trinajstić information content (AvgIpc) is 2.26. The minimum atomic E-state index is -0.399. The summed E-state index contributed by atoms with van der Waals surface area (Å²) in [4.78, 5) is 13.4. The fourth-order valence-corrected chi connectivity index (χ4v) is 1.53. The number of hydrogen-bond donors (Lipinski definition) is 0. The predicted molar refractivity (Wildman–Crippen MR) is 56.6 cm³/mol. The summed E-state index contributed by atoms with van der Waals surface area (Å²) in [7, 11) is 1.79. The van der Waals surface area contributed by atoms with Crippen LogP contribution in [0, 0.1) is 0 Å². The molecule has 82 valence electrons. The number of likely N-dealkylation sites (N-methyl/N-ethyl adjacent to an activating group) is 1. The van der Waals surface area contributed by atoms with Crippen LogP contribution in [0.15, 0.2) is 0 Å². The first-order valence-electron chi connectivity index (χ1n) is 4.76. The van der Waals surface area contributed by atoms with Crippen LogP contribution < -0.4 is 0 Å². The first-order chi connectivity index (χ1) is 6.75. The molecule has 0 spiro atoms. The number of carbonyl (C=O) groups excluding carboxylic acids is 1. The lowest BCUT2D eigenvalue weighted by atomic mass is 10.3. The number of nitrogens with zero attached hydrogens (tertiary/aromatic N) is 1. The maximum Gasteiger partial charge on any atom is 0.253 e. The molecule has 0 aliphatic carbocycles. The maximum atomic E-state index is 11.7. The molecule has 1 atom stereocenters. The summed E-state index contributed by atoms with van der Waals surface area (Å²) in [5.74, 6) is 0.0191. The van der Waals surface area contributed by atoms with Gasteiger partial charge in [-0.1, -0.05) is 15.9 Å². The van der Waals surface area contributed by atoms with Gasteiger partial charge in [0.05, 0.1) is 19.8 Å². The molecule has 0 aromatic heterocycles. The molecule has 14 heavy (non-hydrogen) atoms. The molecular formula is C9H16BrNO3. The van der Waals surface area contributed by atoms with Crippen LogP contribution in [0.1, 0.15) is 6.42 Å². The summed E-state index contributed by atoms with van der Waals surface area (Å²) in [6.07, 6.45) is 0.555. The Kier molecular flexibility index (Phi) is 5.44.